The van der Waals surface area contributed by atoms with Gasteiger partial charge in [0, 0.05) is 16.6 Å². The minimum atomic E-state index is -0.159. The highest BCUT2D eigenvalue weighted by Gasteiger charge is 2.12. The number of aromatic amines is 1. The van der Waals surface area contributed by atoms with Crippen molar-refractivity contribution in [2.24, 2.45) is 0 Å². The average molecular weight is 375 g/mol. The largest absolute Gasteiger partial charge is 0.508 e. The molecule has 2 heterocycles. The average Bonchev–Trinajstić information content (AvgIpc) is 3.28. The number of hydrogen-bond acceptors (Lipinski definition) is 4. The van der Waals surface area contributed by atoms with Crippen molar-refractivity contribution in [2.75, 3.05) is 5.32 Å². The maximum Gasteiger partial charge on any atom is 0.266 e. The zero-order valence-corrected chi connectivity index (χ0v) is 15.4. The standard InChI is InChI=1S/C21H17N3O2S/c1-13-10-11-27-20(13)21(26)22-17-9-7-15(25)12-14(17)6-8-19-16-4-2-3-5-18(16)23-24-19/h2-12,25H,1H3,(H,22,26)(H,23,24). The highest BCUT2D eigenvalue weighted by molar-refractivity contribution is 7.12. The number of rotatable bonds is 4. The third-order valence-electron chi connectivity index (χ3n) is 4.27. The van der Waals surface area contributed by atoms with Gasteiger partial charge in [0.05, 0.1) is 16.1 Å². The summed E-state index contributed by atoms with van der Waals surface area (Å²) >= 11 is 1.41. The van der Waals surface area contributed by atoms with E-state index in [2.05, 4.69) is 15.5 Å². The van der Waals surface area contributed by atoms with Crippen LogP contribution in [0.5, 0.6) is 5.75 Å². The van der Waals surface area contributed by atoms with Crippen LogP contribution in [-0.2, 0) is 0 Å². The molecule has 0 aliphatic carbocycles. The predicted octanol–water partition coefficient (Wildman–Crippen LogP) is 5.06. The molecule has 5 nitrogen and oxygen atoms in total. The van der Waals surface area contributed by atoms with Crippen LogP contribution in [0.25, 0.3) is 23.1 Å². The lowest BCUT2D eigenvalue weighted by Gasteiger charge is -2.09. The van der Waals surface area contributed by atoms with Crippen molar-refractivity contribution in [1.29, 1.82) is 0 Å². The van der Waals surface area contributed by atoms with Gasteiger partial charge in [0.2, 0.25) is 0 Å². The number of aryl methyl sites for hydroxylation is 1. The molecule has 0 unspecified atom stereocenters. The molecule has 134 valence electrons. The van der Waals surface area contributed by atoms with Gasteiger partial charge in [-0.1, -0.05) is 24.3 Å². The number of para-hydroxylation sites is 1. The van der Waals surface area contributed by atoms with E-state index >= 15 is 0 Å². The zero-order valence-electron chi connectivity index (χ0n) is 14.6. The molecule has 27 heavy (non-hydrogen) atoms. The van der Waals surface area contributed by atoms with Crippen LogP contribution in [0, 0.1) is 6.92 Å². The van der Waals surface area contributed by atoms with Crippen molar-refractivity contribution in [3.8, 4) is 5.75 Å². The van der Waals surface area contributed by atoms with E-state index in [1.165, 1.54) is 11.3 Å². The molecule has 6 heteroatoms. The van der Waals surface area contributed by atoms with Crippen LogP contribution in [0.1, 0.15) is 26.5 Å². The third-order valence-corrected chi connectivity index (χ3v) is 5.29. The Morgan fingerprint density at radius 2 is 2.04 bits per heavy atom. The lowest BCUT2D eigenvalue weighted by atomic mass is 10.1. The Morgan fingerprint density at radius 1 is 1.19 bits per heavy atom. The van der Waals surface area contributed by atoms with Crippen LogP contribution in [0.15, 0.2) is 53.9 Å². The number of nitrogens with one attached hydrogen (secondary N) is 2. The van der Waals surface area contributed by atoms with Gasteiger partial charge in [0.15, 0.2) is 0 Å². The van der Waals surface area contributed by atoms with Gasteiger partial charge >= 0.3 is 0 Å². The van der Waals surface area contributed by atoms with Crippen LogP contribution in [-0.4, -0.2) is 21.2 Å². The first-order chi connectivity index (χ1) is 13.1. The summed E-state index contributed by atoms with van der Waals surface area (Å²) in [6.07, 6.45) is 3.69. The van der Waals surface area contributed by atoms with Crippen molar-refractivity contribution in [3.05, 3.63) is 75.6 Å². The SMILES string of the molecule is Cc1ccsc1C(=O)Nc1ccc(O)cc1C=Cc1n[nH]c2ccccc12. The van der Waals surface area contributed by atoms with Crippen molar-refractivity contribution >= 4 is 46.0 Å². The minimum Gasteiger partial charge on any atom is -0.508 e. The lowest BCUT2D eigenvalue weighted by molar-refractivity contribution is 0.103. The van der Waals surface area contributed by atoms with E-state index < -0.39 is 0 Å². The predicted molar refractivity (Wildman–Crippen MR) is 110 cm³/mol. The number of H-pyrrole nitrogens is 1. The maximum absolute atomic E-state index is 12.5. The maximum atomic E-state index is 12.5. The molecule has 0 bridgehead atoms. The number of amides is 1. The number of nitrogens with zero attached hydrogens (tertiary/aromatic N) is 1. The summed E-state index contributed by atoms with van der Waals surface area (Å²) in [5, 5.41) is 23.0. The van der Waals surface area contributed by atoms with Crippen molar-refractivity contribution in [3.63, 3.8) is 0 Å². The van der Waals surface area contributed by atoms with Crippen molar-refractivity contribution < 1.29 is 9.90 Å². The van der Waals surface area contributed by atoms with E-state index in [4.69, 9.17) is 0 Å². The highest BCUT2D eigenvalue weighted by Crippen LogP contribution is 2.26. The molecule has 4 rings (SSSR count). The molecule has 0 spiro atoms. The fourth-order valence-corrected chi connectivity index (χ4v) is 3.69. The highest BCUT2D eigenvalue weighted by atomic mass is 32.1. The Hall–Kier alpha value is -3.38. The summed E-state index contributed by atoms with van der Waals surface area (Å²) in [6, 6.07) is 14.6. The van der Waals surface area contributed by atoms with E-state index in [0.717, 1.165) is 22.2 Å². The van der Waals surface area contributed by atoms with Gasteiger partial charge in [-0.2, -0.15) is 5.10 Å². The molecule has 3 N–H and O–H groups in total. The second-order valence-corrected chi connectivity index (χ2v) is 7.06. The van der Waals surface area contributed by atoms with Gasteiger partial charge in [0.25, 0.3) is 5.91 Å². The molecular formula is C21H17N3O2S. The van der Waals surface area contributed by atoms with Gasteiger partial charge in [-0.25, -0.2) is 0 Å². The second kappa shape index (κ2) is 7.09. The number of phenolic OH excluding ortho intramolecular Hbond substituents is 1. The number of fused-ring (bicyclic) bond motifs is 1. The molecule has 2 aromatic carbocycles. The minimum absolute atomic E-state index is 0.131. The number of hydrogen-bond donors (Lipinski definition) is 3. The normalized spacial score (nSPS) is 11.3. The van der Waals surface area contributed by atoms with Crippen molar-refractivity contribution in [2.45, 2.75) is 6.92 Å². The summed E-state index contributed by atoms with van der Waals surface area (Å²) in [7, 11) is 0. The van der Waals surface area contributed by atoms with E-state index in [1.807, 2.05) is 54.8 Å². The Balaban J connectivity index is 1.65. The summed E-state index contributed by atoms with van der Waals surface area (Å²) < 4.78 is 0. The molecule has 0 aliphatic rings. The molecule has 0 atom stereocenters. The lowest BCUT2D eigenvalue weighted by Crippen LogP contribution is -2.12. The topological polar surface area (TPSA) is 78.0 Å². The smallest absolute Gasteiger partial charge is 0.266 e. The first-order valence-electron chi connectivity index (χ1n) is 8.41. The first-order valence-corrected chi connectivity index (χ1v) is 9.29. The zero-order chi connectivity index (χ0) is 18.8. The summed E-state index contributed by atoms with van der Waals surface area (Å²) in [5.41, 5.74) is 4.01. The third kappa shape index (κ3) is 3.47. The van der Waals surface area contributed by atoms with Gasteiger partial charge in [-0.15, -0.1) is 11.3 Å². The molecule has 0 aliphatic heterocycles. The molecular weight excluding hydrogens is 358 g/mol. The molecule has 0 fully saturated rings. The Labute approximate surface area is 160 Å². The van der Waals surface area contributed by atoms with E-state index in [1.54, 1.807) is 18.2 Å². The van der Waals surface area contributed by atoms with Gasteiger partial charge in [-0.3, -0.25) is 9.89 Å². The van der Waals surface area contributed by atoms with E-state index in [9.17, 15) is 9.90 Å². The molecule has 0 saturated carbocycles. The second-order valence-electron chi connectivity index (χ2n) is 6.15. The number of carbonyl (C=O) groups is 1. The Kier molecular flexibility index (Phi) is 4.48. The molecule has 4 aromatic rings. The van der Waals surface area contributed by atoms with Gasteiger partial charge in [-0.05, 0) is 54.3 Å². The first kappa shape index (κ1) is 17.1. The fraction of sp³-hybridized carbons (Fsp3) is 0.0476. The fourth-order valence-electron chi connectivity index (χ4n) is 2.87. The molecule has 2 aromatic heterocycles. The van der Waals surface area contributed by atoms with E-state index in [-0.39, 0.29) is 11.7 Å². The number of benzene rings is 2. The summed E-state index contributed by atoms with van der Waals surface area (Å²) in [5.74, 6) is -0.0279. The Morgan fingerprint density at radius 3 is 2.85 bits per heavy atom. The summed E-state index contributed by atoms with van der Waals surface area (Å²) in [6.45, 7) is 1.91. The van der Waals surface area contributed by atoms with Gasteiger partial charge in [0.1, 0.15) is 5.75 Å². The summed E-state index contributed by atoms with van der Waals surface area (Å²) in [4.78, 5) is 13.2. The number of thiophene rings is 1. The number of anilines is 1. The van der Waals surface area contributed by atoms with E-state index in [0.29, 0.717) is 16.1 Å². The molecule has 0 radical (unpaired) electrons. The number of carbonyl (C=O) groups excluding carboxylic acids is 1. The van der Waals surface area contributed by atoms with Gasteiger partial charge < -0.3 is 10.4 Å². The number of aromatic nitrogens is 2. The molecule has 1 amide bonds. The van der Waals surface area contributed by atoms with Crippen LogP contribution in [0.2, 0.25) is 0 Å². The van der Waals surface area contributed by atoms with Crippen LogP contribution in [0.3, 0.4) is 0 Å². The monoisotopic (exact) mass is 375 g/mol. The molecule has 0 saturated heterocycles. The van der Waals surface area contributed by atoms with Crippen LogP contribution < -0.4 is 5.32 Å². The number of aromatic hydroxyl groups is 1. The Bertz CT molecular complexity index is 1160. The quantitative estimate of drug-likeness (QED) is 0.436. The number of phenols is 1. The van der Waals surface area contributed by atoms with Crippen LogP contribution in [0.4, 0.5) is 5.69 Å². The van der Waals surface area contributed by atoms with Crippen LogP contribution >= 0.6 is 11.3 Å². The van der Waals surface area contributed by atoms with Crippen molar-refractivity contribution in [1.82, 2.24) is 10.2 Å².